The second-order valence-electron chi connectivity index (χ2n) is 8.85. The Kier molecular flexibility index (Phi) is 5.28. The van der Waals surface area contributed by atoms with Crippen molar-refractivity contribution in [1.82, 2.24) is 14.9 Å². The van der Waals surface area contributed by atoms with Gasteiger partial charge in [-0.05, 0) is 71.0 Å². The van der Waals surface area contributed by atoms with Gasteiger partial charge < -0.3 is 9.64 Å². The van der Waals surface area contributed by atoms with Crippen LogP contribution in [0.3, 0.4) is 0 Å². The normalized spacial score (nSPS) is 26.6. The van der Waals surface area contributed by atoms with Crippen molar-refractivity contribution in [1.29, 1.82) is 0 Å². The fourth-order valence-corrected chi connectivity index (χ4v) is 6.42. The Bertz CT molecular complexity index is 835. The zero-order chi connectivity index (χ0) is 19.1. The van der Waals surface area contributed by atoms with E-state index in [0.29, 0.717) is 0 Å². The molecule has 5 nitrogen and oxygen atoms in total. The monoisotopic (exact) mass is 400 g/mol. The minimum atomic E-state index is 0.244. The molecule has 2 atom stereocenters. The second-order valence-corrected chi connectivity index (χ2v) is 9.94. The predicted octanol–water partition coefficient (Wildman–Crippen LogP) is 4.17. The first kappa shape index (κ1) is 18.8. The van der Waals surface area contributed by atoms with Crippen LogP contribution >= 0.6 is 11.3 Å². The summed E-state index contributed by atoms with van der Waals surface area (Å²) >= 11 is 1.93. The topological polar surface area (TPSA) is 41.5 Å². The van der Waals surface area contributed by atoms with E-state index in [2.05, 4.69) is 23.6 Å². The van der Waals surface area contributed by atoms with Crippen LogP contribution in [-0.4, -0.2) is 53.3 Å². The molecule has 0 spiro atoms. The number of nitrogens with zero attached hydrogens (tertiary/aromatic N) is 4. The van der Waals surface area contributed by atoms with Crippen LogP contribution in [0.5, 0.6) is 0 Å². The first-order valence-corrected chi connectivity index (χ1v) is 11.9. The van der Waals surface area contributed by atoms with Crippen LogP contribution in [0.15, 0.2) is 0 Å². The van der Waals surface area contributed by atoms with Gasteiger partial charge in [-0.15, -0.1) is 11.3 Å². The third kappa shape index (κ3) is 3.66. The largest absolute Gasteiger partial charge is 0.372 e. The van der Waals surface area contributed by atoms with Gasteiger partial charge >= 0.3 is 0 Å². The number of fused-ring (bicyclic) bond motifs is 3. The Morgan fingerprint density at radius 2 is 1.71 bits per heavy atom. The molecule has 0 N–H and O–H groups in total. The van der Waals surface area contributed by atoms with Crippen molar-refractivity contribution in [3.05, 3.63) is 16.3 Å². The van der Waals surface area contributed by atoms with E-state index in [1.165, 1.54) is 79.6 Å². The van der Waals surface area contributed by atoms with Crippen LogP contribution in [0.4, 0.5) is 5.82 Å². The van der Waals surface area contributed by atoms with Crippen molar-refractivity contribution in [2.24, 2.45) is 0 Å². The molecule has 2 aliphatic heterocycles. The van der Waals surface area contributed by atoms with E-state index in [-0.39, 0.29) is 12.2 Å². The lowest BCUT2D eigenvalue weighted by atomic mass is 9.96. The fourth-order valence-electron chi connectivity index (χ4n) is 5.15. The van der Waals surface area contributed by atoms with E-state index in [1.807, 2.05) is 11.3 Å². The molecule has 0 amide bonds. The summed E-state index contributed by atoms with van der Waals surface area (Å²) in [5.74, 6) is 2.19. The van der Waals surface area contributed by atoms with Crippen LogP contribution in [0.2, 0.25) is 0 Å². The highest BCUT2D eigenvalue weighted by Gasteiger charge is 2.29. The number of hydrogen-bond donors (Lipinski definition) is 0. The number of hydrogen-bond acceptors (Lipinski definition) is 6. The molecule has 2 saturated heterocycles. The average molecular weight is 401 g/mol. The number of ether oxygens (including phenoxy) is 1. The molecule has 0 radical (unpaired) electrons. The van der Waals surface area contributed by atoms with Crippen molar-refractivity contribution in [2.45, 2.75) is 77.5 Å². The van der Waals surface area contributed by atoms with Crippen LogP contribution in [0.25, 0.3) is 10.2 Å². The van der Waals surface area contributed by atoms with Gasteiger partial charge in [0.05, 0.1) is 24.1 Å². The number of likely N-dealkylation sites (tertiary alicyclic amines) is 1. The zero-order valence-electron chi connectivity index (χ0n) is 17.2. The number of aryl methyl sites for hydroxylation is 2. The van der Waals surface area contributed by atoms with E-state index in [0.717, 1.165) is 25.5 Å². The van der Waals surface area contributed by atoms with Gasteiger partial charge in [0.2, 0.25) is 0 Å². The highest BCUT2D eigenvalue weighted by Crippen LogP contribution is 2.40. The van der Waals surface area contributed by atoms with E-state index in [4.69, 9.17) is 14.7 Å². The highest BCUT2D eigenvalue weighted by molar-refractivity contribution is 7.19. The summed E-state index contributed by atoms with van der Waals surface area (Å²) in [6.07, 6.45) is 9.48. The highest BCUT2D eigenvalue weighted by atomic mass is 32.1. The standard InChI is InChI=1S/C22H32N4OS/c1-15-12-26(13-16(2)27-15)21-20-17-8-4-5-9-18(17)28-22(20)24-19(23-21)14-25-10-6-3-7-11-25/h15-16H,3-14H2,1-2H3/t15-,16+. The first-order valence-electron chi connectivity index (χ1n) is 11.1. The van der Waals surface area contributed by atoms with E-state index in [1.54, 1.807) is 4.88 Å². The van der Waals surface area contributed by atoms with Gasteiger partial charge in [-0.2, -0.15) is 0 Å². The maximum atomic E-state index is 6.01. The number of aromatic nitrogens is 2. The maximum absolute atomic E-state index is 6.01. The molecular formula is C22H32N4OS. The summed E-state index contributed by atoms with van der Waals surface area (Å²) in [4.78, 5) is 18.1. The molecular weight excluding hydrogens is 368 g/mol. The number of morpholine rings is 1. The van der Waals surface area contributed by atoms with Crippen LogP contribution < -0.4 is 4.90 Å². The molecule has 4 heterocycles. The molecule has 2 aromatic rings. The third-order valence-corrected chi connectivity index (χ3v) is 7.56. The van der Waals surface area contributed by atoms with Gasteiger partial charge in [-0.1, -0.05) is 6.42 Å². The van der Waals surface area contributed by atoms with Crippen molar-refractivity contribution in [3.8, 4) is 0 Å². The molecule has 0 aromatic carbocycles. The van der Waals surface area contributed by atoms with Crippen LogP contribution in [-0.2, 0) is 24.1 Å². The Labute approximate surface area is 172 Å². The molecule has 3 aliphatic rings. The SMILES string of the molecule is C[C@@H]1CN(c2nc(CN3CCCCC3)nc3sc4c(c23)CCCC4)C[C@H](C)O1. The minimum absolute atomic E-state index is 0.244. The summed E-state index contributed by atoms with van der Waals surface area (Å²) in [7, 11) is 0. The van der Waals surface area contributed by atoms with Crippen molar-refractivity contribution in [3.63, 3.8) is 0 Å². The Morgan fingerprint density at radius 3 is 2.50 bits per heavy atom. The number of anilines is 1. The van der Waals surface area contributed by atoms with E-state index >= 15 is 0 Å². The fraction of sp³-hybridized carbons (Fsp3) is 0.727. The van der Waals surface area contributed by atoms with Crippen molar-refractivity contribution >= 4 is 27.4 Å². The summed E-state index contributed by atoms with van der Waals surface area (Å²) < 4.78 is 6.01. The summed E-state index contributed by atoms with van der Waals surface area (Å²) in [6, 6.07) is 0. The van der Waals surface area contributed by atoms with Crippen molar-refractivity contribution < 1.29 is 4.74 Å². The molecule has 5 rings (SSSR count). The number of thiophene rings is 1. The molecule has 28 heavy (non-hydrogen) atoms. The molecule has 0 unspecified atom stereocenters. The van der Waals surface area contributed by atoms with Gasteiger partial charge in [0.25, 0.3) is 0 Å². The molecule has 0 bridgehead atoms. The van der Waals surface area contributed by atoms with Gasteiger partial charge in [0, 0.05) is 18.0 Å². The lowest BCUT2D eigenvalue weighted by Crippen LogP contribution is -2.46. The van der Waals surface area contributed by atoms with Crippen LogP contribution in [0.1, 0.15) is 62.2 Å². The molecule has 2 fully saturated rings. The quantitative estimate of drug-likeness (QED) is 0.773. The Morgan fingerprint density at radius 1 is 0.964 bits per heavy atom. The summed E-state index contributed by atoms with van der Waals surface area (Å²) in [6.45, 7) is 9.46. The summed E-state index contributed by atoms with van der Waals surface area (Å²) in [5, 5.41) is 1.35. The lowest BCUT2D eigenvalue weighted by molar-refractivity contribution is -0.00539. The number of rotatable bonds is 3. The van der Waals surface area contributed by atoms with E-state index < -0.39 is 0 Å². The molecule has 1 aliphatic carbocycles. The maximum Gasteiger partial charge on any atom is 0.146 e. The van der Waals surface area contributed by atoms with Crippen molar-refractivity contribution in [2.75, 3.05) is 31.1 Å². The zero-order valence-corrected chi connectivity index (χ0v) is 18.1. The third-order valence-electron chi connectivity index (χ3n) is 6.37. The average Bonchev–Trinajstić information content (AvgIpc) is 3.06. The van der Waals surface area contributed by atoms with Crippen LogP contribution in [0, 0.1) is 0 Å². The van der Waals surface area contributed by atoms with Gasteiger partial charge in [-0.25, -0.2) is 9.97 Å². The van der Waals surface area contributed by atoms with Gasteiger partial charge in [0.1, 0.15) is 16.5 Å². The lowest BCUT2D eigenvalue weighted by Gasteiger charge is -2.36. The Balaban J connectivity index is 1.56. The van der Waals surface area contributed by atoms with Gasteiger partial charge in [0.15, 0.2) is 0 Å². The molecule has 6 heteroatoms. The molecule has 152 valence electrons. The minimum Gasteiger partial charge on any atom is -0.372 e. The molecule has 0 saturated carbocycles. The second kappa shape index (κ2) is 7.88. The number of piperidine rings is 1. The van der Waals surface area contributed by atoms with Gasteiger partial charge in [-0.3, -0.25) is 4.90 Å². The smallest absolute Gasteiger partial charge is 0.146 e. The molecule has 2 aromatic heterocycles. The predicted molar refractivity (Wildman–Crippen MR) is 115 cm³/mol. The summed E-state index contributed by atoms with van der Waals surface area (Å²) in [5.41, 5.74) is 1.54. The van der Waals surface area contributed by atoms with E-state index in [9.17, 15) is 0 Å². The Hall–Kier alpha value is -1.24. The first-order chi connectivity index (χ1) is 13.7.